The second-order valence-corrected chi connectivity index (χ2v) is 6.63. The number of carbonyl (C=O) groups excluding carboxylic acids is 1. The molecule has 1 aromatic heterocycles. The van der Waals surface area contributed by atoms with Gasteiger partial charge in [0.1, 0.15) is 5.75 Å². The molecule has 2 N–H and O–H groups in total. The number of para-hydroxylation sites is 1. The zero-order valence-electron chi connectivity index (χ0n) is 15.5. The van der Waals surface area contributed by atoms with Gasteiger partial charge in [0, 0.05) is 30.1 Å². The van der Waals surface area contributed by atoms with Crippen molar-refractivity contribution < 1.29 is 9.53 Å². The molecule has 136 valence electrons. The Balaban J connectivity index is 1.43. The number of amides is 1. The molecule has 3 aromatic rings. The molecule has 1 amide bonds. The van der Waals surface area contributed by atoms with Crippen LogP contribution in [0.5, 0.6) is 5.75 Å². The molecule has 26 heavy (non-hydrogen) atoms. The van der Waals surface area contributed by atoms with Crippen LogP contribution >= 0.6 is 0 Å². The molecule has 0 radical (unpaired) electrons. The van der Waals surface area contributed by atoms with E-state index in [9.17, 15) is 4.79 Å². The van der Waals surface area contributed by atoms with Crippen molar-refractivity contribution in [2.24, 2.45) is 0 Å². The number of aryl methyl sites for hydroxylation is 2. The van der Waals surface area contributed by atoms with Gasteiger partial charge in [0.2, 0.25) is 5.91 Å². The molecule has 0 bridgehead atoms. The summed E-state index contributed by atoms with van der Waals surface area (Å²) >= 11 is 0. The topological polar surface area (TPSA) is 54.1 Å². The minimum Gasteiger partial charge on any atom is -0.496 e. The van der Waals surface area contributed by atoms with E-state index >= 15 is 0 Å². The van der Waals surface area contributed by atoms with Gasteiger partial charge in [0.25, 0.3) is 0 Å². The van der Waals surface area contributed by atoms with Crippen molar-refractivity contribution >= 4 is 16.8 Å². The third-order valence-electron chi connectivity index (χ3n) is 4.68. The van der Waals surface area contributed by atoms with Crippen molar-refractivity contribution in [2.75, 3.05) is 13.7 Å². The van der Waals surface area contributed by atoms with E-state index in [-0.39, 0.29) is 5.91 Å². The number of ether oxygens (including phenoxy) is 1. The zero-order valence-corrected chi connectivity index (χ0v) is 15.5. The Labute approximate surface area is 154 Å². The van der Waals surface area contributed by atoms with Gasteiger partial charge in [-0.2, -0.15) is 0 Å². The molecular formula is C22H26N2O2. The number of hydrogen-bond donors (Lipinski definition) is 2. The van der Waals surface area contributed by atoms with Crippen LogP contribution in [0.2, 0.25) is 0 Å². The fourth-order valence-corrected chi connectivity index (χ4v) is 3.31. The summed E-state index contributed by atoms with van der Waals surface area (Å²) in [5.74, 6) is 0.987. The van der Waals surface area contributed by atoms with Gasteiger partial charge >= 0.3 is 0 Å². The summed E-state index contributed by atoms with van der Waals surface area (Å²) < 4.78 is 5.38. The van der Waals surface area contributed by atoms with Crippen molar-refractivity contribution in [3.8, 4) is 5.75 Å². The largest absolute Gasteiger partial charge is 0.496 e. The lowest BCUT2D eigenvalue weighted by molar-refractivity contribution is -0.121. The number of H-pyrrole nitrogens is 1. The second-order valence-electron chi connectivity index (χ2n) is 6.63. The summed E-state index contributed by atoms with van der Waals surface area (Å²) in [6.07, 6.45) is 5.13. The third-order valence-corrected chi connectivity index (χ3v) is 4.68. The highest BCUT2D eigenvalue weighted by Gasteiger charge is 2.07. The number of nitrogens with one attached hydrogen (secondary N) is 2. The van der Waals surface area contributed by atoms with Crippen molar-refractivity contribution in [3.05, 3.63) is 65.4 Å². The van der Waals surface area contributed by atoms with E-state index in [1.165, 1.54) is 16.5 Å². The Morgan fingerprint density at radius 1 is 1.12 bits per heavy atom. The Morgan fingerprint density at radius 3 is 2.81 bits per heavy atom. The van der Waals surface area contributed by atoms with E-state index in [0.717, 1.165) is 36.1 Å². The van der Waals surface area contributed by atoms with Gasteiger partial charge in [0.05, 0.1) is 7.11 Å². The summed E-state index contributed by atoms with van der Waals surface area (Å²) in [6, 6.07) is 14.4. The Morgan fingerprint density at radius 2 is 1.96 bits per heavy atom. The van der Waals surface area contributed by atoms with Crippen LogP contribution in [0.3, 0.4) is 0 Å². The van der Waals surface area contributed by atoms with Crippen molar-refractivity contribution in [1.29, 1.82) is 0 Å². The Kier molecular flexibility index (Phi) is 5.95. The van der Waals surface area contributed by atoms with Crippen LogP contribution in [-0.2, 0) is 17.6 Å². The first-order valence-electron chi connectivity index (χ1n) is 9.12. The fraction of sp³-hybridized carbons (Fsp3) is 0.318. The predicted molar refractivity (Wildman–Crippen MR) is 106 cm³/mol. The average Bonchev–Trinajstić information content (AvgIpc) is 3.05. The minimum atomic E-state index is 0.108. The molecule has 0 saturated carbocycles. The fourth-order valence-electron chi connectivity index (χ4n) is 3.31. The standard InChI is InChI=1S/C22H26N2O2/c1-16-10-11-21(26-2)17(14-16)12-13-23-22(25)9-5-6-18-15-24-20-8-4-3-7-19(18)20/h3-4,7-8,10-11,14-15,24H,5-6,9,12-13H2,1-2H3,(H,23,25). The van der Waals surface area contributed by atoms with Crippen LogP contribution in [0.1, 0.15) is 29.5 Å². The monoisotopic (exact) mass is 350 g/mol. The summed E-state index contributed by atoms with van der Waals surface area (Å²) in [5.41, 5.74) is 4.76. The van der Waals surface area contributed by atoms with Gasteiger partial charge in [-0.25, -0.2) is 0 Å². The molecule has 0 saturated heterocycles. The zero-order chi connectivity index (χ0) is 18.4. The maximum Gasteiger partial charge on any atom is 0.220 e. The van der Waals surface area contributed by atoms with Crippen molar-refractivity contribution in [1.82, 2.24) is 10.3 Å². The van der Waals surface area contributed by atoms with E-state index in [0.29, 0.717) is 13.0 Å². The van der Waals surface area contributed by atoms with E-state index in [1.807, 2.05) is 30.5 Å². The lowest BCUT2D eigenvalue weighted by Crippen LogP contribution is -2.25. The van der Waals surface area contributed by atoms with Gasteiger partial charge in [-0.1, -0.05) is 35.9 Å². The normalized spacial score (nSPS) is 10.8. The Hall–Kier alpha value is -2.75. The number of benzene rings is 2. The smallest absolute Gasteiger partial charge is 0.220 e. The maximum atomic E-state index is 12.1. The lowest BCUT2D eigenvalue weighted by Gasteiger charge is -2.10. The van der Waals surface area contributed by atoms with Crippen LogP contribution in [0.25, 0.3) is 10.9 Å². The van der Waals surface area contributed by atoms with E-state index in [4.69, 9.17) is 4.74 Å². The molecule has 1 heterocycles. The molecule has 0 aliphatic heterocycles. The summed E-state index contributed by atoms with van der Waals surface area (Å²) in [5, 5.41) is 4.27. The second kappa shape index (κ2) is 8.56. The predicted octanol–water partition coefficient (Wildman–Crippen LogP) is 4.17. The number of hydrogen-bond acceptors (Lipinski definition) is 2. The van der Waals surface area contributed by atoms with E-state index in [2.05, 4.69) is 35.4 Å². The summed E-state index contributed by atoms with van der Waals surface area (Å²) in [4.78, 5) is 15.4. The van der Waals surface area contributed by atoms with Crippen LogP contribution < -0.4 is 10.1 Å². The van der Waals surface area contributed by atoms with Gasteiger partial charge in [-0.3, -0.25) is 4.79 Å². The number of methoxy groups -OCH3 is 1. The molecule has 2 aromatic carbocycles. The number of carbonyl (C=O) groups is 1. The van der Waals surface area contributed by atoms with Crippen molar-refractivity contribution in [3.63, 3.8) is 0 Å². The lowest BCUT2D eigenvalue weighted by atomic mass is 10.1. The molecule has 0 aliphatic rings. The minimum absolute atomic E-state index is 0.108. The number of fused-ring (bicyclic) bond motifs is 1. The van der Waals surface area contributed by atoms with Crippen LogP contribution in [0, 0.1) is 6.92 Å². The summed E-state index contributed by atoms with van der Waals surface area (Å²) in [7, 11) is 1.68. The molecule has 0 atom stereocenters. The highest BCUT2D eigenvalue weighted by molar-refractivity contribution is 5.83. The number of aromatic nitrogens is 1. The van der Waals surface area contributed by atoms with Crippen molar-refractivity contribution in [2.45, 2.75) is 32.6 Å². The molecule has 0 unspecified atom stereocenters. The van der Waals surface area contributed by atoms with Crippen LogP contribution in [0.15, 0.2) is 48.7 Å². The van der Waals surface area contributed by atoms with Crippen LogP contribution in [0.4, 0.5) is 0 Å². The summed E-state index contributed by atoms with van der Waals surface area (Å²) in [6.45, 7) is 2.69. The quantitative estimate of drug-likeness (QED) is 0.641. The van der Waals surface area contributed by atoms with Crippen LogP contribution in [-0.4, -0.2) is 24.5 Å². The SMILES string of the molecule is COc1ccc(C)cc1CCNC(=O)CCCc1c[nH]c2ccccc12. The Bertz CT molecular complexity index is 883. The molecule has 3 rings (SSSR count). The first kappa shape index (κ1) is 18.1. The molecule has 0 spiro atoms. The average molecular weight is 350 g/mol. The van der Waals surface area contributed by atoms with E-state index < -0.39 is 0 Å². The van der Waals surface area contributed by atoms with Gasteiger partial charge in [0.15, 0.2) is 0 Å². The number of rotatable bonds is 8. The molecule has 0 fully saturated rings. The number of aromatic amines is 1. The first-order chi connectivity index (χ1) is 12.7. The van der Waals surface area contributed by atoms with Gasteiger partial charge in [-0.05, 0) is 49.4 Å². The van der Waals surface area contributed by atoms with Gasteiger partial charge in [-0.15, -0.1) is 0 Å². The van der Waals surface area contributed by atoms with E-state index in [1.54, 1.807) is 7.11 Å². The highest BCUT2D eigenvalue weighted by Crippen LogP contribution is 2.20. The molecular weight excluding hydrogens is 324 g/mol. The molecule has 4 heteroatoms. The highest BCUT2D eigenvalue weighted by atomic mass is 16.5. The first-order valence-corrected chi connectivity index (χ1v) is 9.12. The maximum absolute atomic E-state index is 12.1. The third kappa shape index (κ3) is 4.45. The molecule has 0 aliphatic carbocycles. The molecule has 4 nitrogen and oxygen atoms in total. The van der Waals surface area contributed by atoms with Gasteiger partial charge < -0.3 is 15.0 Å².